The molecule has 94 valence electrons. The molecule has 0 unspecified atom stereocenters. The van der Waals surface area contributed by atoms with Crippen molar-refractivity contribution in [3.63, 3.8) is 0 Å². The Balaban J connectivity index is 2.06. The fourth-order valence-corrected chi connectivity index (χ4v) is 1.49. The highest BCUT2D eigenvalue weighted by Gasteiger charge is 2.03. The first kappa shape index (κ1) is 12.4. The Morgan fingerprint density at radius 2 is 1.72 bits per heavy atom. The fraction of sp³-hybridized carbons (Fsp3) is 0.154. The van der Waals surface area contributed by atoms with E-state index in [1.807, 2.05) is 0 Å². The number of ether oxygens (including phenoxy) is 1. The van der Waals surface area contributed by atoms with E-state index >= 15 is 0 Å². The quantitative estimate of drug-likeness (QED) is 0.906. The fourth-order valence-electron chi connectivity index (χ4n) is 1.49. The van der Waals surface area contributed by atoms with Gasteiger partial charge in [0.25, 0.3) is 0 Å². The number of nitrogens with two attached hydrogens (primary N) is 1. The van der Waals surface area contributed by atoms with Crippen molar-refractivity contribution in [2.75, 3.05) is 0 Å². The Hall–Kier alpha value is -2.01. The molecule has 3 nitrogen and oxygen atoms in total. The van der Waals surface area contributed by atoms with Crippen LogP contribution in [0, 0.1) is 11.6 Å². The maximum absolute atomic E-state index is 12.9. The van der Waals surface area contributed by atoms with E-state index in [0.717, 1.165) is 23.9 Å². The minimum absolute atomic E-state index is 0.132. The topological polar surface area (TPSA) is 48.1 Å². The largest absolute Gasteiger partial charge is 0.487 e. The average molecular weight is 250 g/mol. The van der Waals surface area contributed by atoms with Crippen LogP contribution in [0.1, 0.15) is 11.4 Å². The van der Waals surface area contributed by atoms with Crippen LogP contribution in [0.2, 0.25) is 0 Å². The number of hydrogen-bond acceptors (Lipinski definition) is 3. The lowest BCUT2D eigenvalue weighted by Crippen LogP contribution is -2.04. The van der Waals surface area contributed by atoms with Crippen molar-refractivity contribution >= 4 is 0 Å². The Morgan fingerprint density at radius 3 is 2.39 bits per heavy atom. The molecule has 18 heavy (non-hydrogen) atoms. The monoisotopic (exact) mass is 250 g/mol. The number of hydrogen-bond donors (Lipinski definition) is 1. The van der Waals surface area contributed by atoms with Gasteiger partial charge >= 0.3 is 0 Å². The molecule has 0 fully saturated rings. The van der Waals surface area contributed by atoms with Gasteiger partial charge in [-0.3, -0.25) is 4.98 Å². The smallest absolute Gasteiger partial charge is 0.130 e. The Morgan fingerprint density at radius 1 is 1.06 bits per heavy atom. The molecule has 2 N–H and O–H groups in total. The Bertz CT molecular complexity index is 526. The average Bonchev–Trinajstić information content (AvgIpc) is 2.35. The first-order chi connectivity index (χ1) is 8.67. The summed E-state index contributed by atoms with van der Waals surface area (Å²) in [4.78, 5) is 4.21. The summed E-state index contributed by atoms with van der Waals surface area (Å²) in [6, 6.07) is 8.39. The van der Waals surface area contributed by atoms with Crippen LogP contribution in [0.5, 0.6) is 5.75 Å². The van der Waals surface area contributed by atoms with Crippen LogP contribution in [0.15, 0.2) is 36.4 Å². The molecule has 0 saturated heterocycles. The summed E-state index contributed by atoms with van der Waals surface area (Å²) in [5, 5.41) is 0. The second-order valence-corrected chi connectivity index (χ2v) is 3.72. The Kier molecular flexibility index (Phi) is 3.84. The van der Waals surface area contributed by atoms with Gasteiger partial charge in [0.15, 0.2) is 0 Å². The van der Waals surface area contributed by atoms with Gasteiger partial charge in [0, 0.05) is 24.7 Å². The van der Waals surface area contributed by atoms with E-state index in [1.54, 1.807) is 18.2 Å². The van der Waals surface area contributed by atoms with E-state index in [9.17, 15) is 8.78 Å². The SMILES string of the molecule is NCc1cccc(COc2cc(F)cc(F)c2)n1. The van der Waals surface area contributed by atoms with Gasteiger partial charge in [-0.15, -0.1) is 0 Å². The maximum atomic E-state index is 12.9. The lowest BCUT2D eigenvalue weighted by molar-refractivity contribution is 0.297. The van der Waals surface area contributed by atoms with Gasteiger partial charge < -0.3 is 10.5 Å². The summed E-state index contributed by atoms with van der Waals surface area (Å²) in [5.41, 5.74) is 6.86. The van der Waals surface area contributed by atoms with Crippen molar-refractivity contribution in [1.82, 2.24) is 4.98 Å². The van der Waals surface area contributed by atoms with Gasteiger partial charge in [-0.05, 0) is 12.1 Å². The van der Waals surface area contributed by atoms with Crippen molar-refractivity contribution in [2.45, 2.75) is 13.2 Å². The van der Waals surface area contributed by atoms with E-state index in [4.69, 9.17) is 10.5 Å². The highest BCUT2D eigenvalue weighted by atomic mass is 19.1. The van der Waals surface area contributed by atoms with Crippen LogP contribution in [-0.4, -0.2) is 4.98 Å². The van der Waals surface area contributed by atoms with Crippen LogP contribution < -0.4 is 10.5 Å². The first-order valence-electron chi connectivity index (χ1n) is 5.41. The molecule has 0 saturated carbocycles. The summed E-state index contributed by atoms with van der Waals surface area (Å²) < 4.78 is 31.1. The zero-order valence-electron chi connectivity index (χ0n) is 9.57. The van der Waals surface area contributed by atoms with Crippen LogP contribution >= 0.6 is 0 Å². The van der Waals surface area contributed by atoms with Gasteiger partial charge in [-0.25, -0.2) is 8.78 Å². The molecule has 0 atom stereocenters. The molecule has 1 aromatic carbocycles. The summed E-state index contributed by atoms with van der Waals surface area (Å²) >= 11 is 0. The zero-order chi connectivity index (χ0) is 13.0. The molecule has 0 aliphatic carbocycles. The van der Waals surface area contributed by atoms with E-state index in [0.29, 0.717) is 12.2 Å². The predicted molar refractivity (Wildman–Crippen MR) is 62.8 cm³/mol. The standard InChI is InChI=1S/C13H12F2N2O/c14-9-4-10(15)6-13(5-9)18-8-12-3-1-2-11(7-16)17-12/h1-6H,7-8,16H2. The van der Waals surface area contributed by atoms with E-state index < -0.39 is 11.6 Å². The number of aromatic nitrogens is 1. The minimum Gasteiger partial charge on any atom is -0.487 e. The summed E-state index contributed by atoms with van der Waals surface area (Å²) in [6.07, 6.45) is 0. The summed E-state index contributed by atoms with van der Waals surface area (Å²) in [7, 11) is 0. The van der Waals surface area contributed by atoms with Gasteiger partial charge in [0.1, 0.15) is 24.0 Å². The molecule has 0 spiro atoms. The first-order valence-corrected chi connectivity index (χ1v) is 5.41. The van der Waals surface area contributed by atoms with Crippen LogP contribution in [0.4, 0.5) is 8.78 Å². The maximum Gasteiger partial charge on any atom is 0.130 e. The van der Waals surface area contributed by atoms with Gasteiger partial charge in [-0.1, -0.05) is 6.07 Å². The Labute approximate surface area is 103 Å². The van der Waals surface area contributed by atoms with Crippen LogP contribution in [0.3, 0.4) is 0 Å². The highest BCUT2D eigenvalue weighted by Crippen LogP contribution is 2.16. The molecule has 2 rings (SSSR count). The highest BCUT2D eigenvalue weighted by molar-refractivity contribution is 5.24. The molecule has 0 bridgehead atoms. The van der Waals surface area contributed by atoms with Gasteiger partial charge in [0.05, 0.1) is 11.4 Å². The van der Waals surface area contributed by atoms with Gasteiger partial charge in [-0.2, -0.15) is 0 Å². The molecule has 0 aliphatic rings. The minimum atomic E-state index is -0.673. The summed E-state index contributed by atoms with van der Waals surface area (Å²) in [5.74, 6) is -1.21. The molecule has 2 aromatic rings. The normalized spacial score (nSPS) is 10.4. The van der Waals surface area contributed by atoms with E-state index in [-0.39, 0.29) is 12.4 Å². The second-order valence-electron chi connectivity index (χ2n) is 3.72. The van der Waals surface area contributed by atoms with Crippen molar-refractivity contribution in [3.8, 4) is 5.75 Å². The van der Waals surface area contributed by atoms with Crippen molar-refractivity contribution < 1.29 is 13.5 Å². The summed E-state index contributed by atoms with van der Waals surface area (Å²) in [6.45, 7) is 0.471. The number of rotatable bonds is 4. The third-order valence-electron chi connectivity index (χ3n) is 2.30. The second kappa shape index (κ2) is 5.55. The van der Waals surface area contributed by atoms with Gasteiger partial charge in [0.2, 0.25) is 0 Å². The van der Waals surface area contributed by atoms with E-state index in [1.165, 1.54) is 0 Å². The molecule has 0 radical (unpaired) electrons. The number of benzene rings is 1. The zero-order valence-corrected chi connectivity index (χ0v) is 9.57. The number of nitrogens with zero attached hydrogens (tertiary/aromatic N) is 1. The number of pyridine rings is 1. The molecule has 1 heterocycles. The molecule has 1 aromatic heterocycles. The van der Waals surface area contributed by atoms with Crippen molar-refractivity contribution in [1.29, 1.82) is 0 Å². The molecule has 0 amide bonds. The molecular weight excluding hydrogens is 238 g/mol. The van der Waals surface area contributed by atoms with Crippen molar-refractivity contribution in [3.05, 3.63) is 59.4 Å². The third kappa shape index (κ3) is 3.24. The lowest BCUT2D eigenvalue weighted by atomic mass is 10.3. The third-order valence-corrected chi connectivity index (χ3v) is 2.30. The molecule has 0 aliphatic heterocycles. The van der Waals surface area contributed by atoms with Crippen LogP contribution in [0.25, 0.3) is 0 Å². The van der Waals surface area contributed by atoms with E-state index in [2.05, 4.69) is 4.98 Å². The lowest BCUT2D eigenvalue weighted by Gasteiger charge is -2.07. The predicted octanol–water partition coefficient (Wildman–Crippen LogP) is 2.40. The molecule has 5 heteroatoms. The van der Waals surface area contributed by atoms with Crippen LogP contribution in [-0.2, 0) is 13.2 Å². The molecular formula is C13H12F2N2O. The van der Waals surface area contributed by atoms with Crippen molar-refractivity contribution in [2.24, 2.45) is 5.73 Å². The number of halogens is 2.